The molecular weight excluding hydrogens is 180 g/mol. The monoisotopic (exact) mass is 198 g/mol. The van der Waals surface area contributed by atoms with E-state index < -0.39 is 5.60 Å². The fourth-order valence-electron chi connectivity index (χ4n) is 1.09. The van der Waals surface area contributed by atoms with Crippen molar-refractivity contribution in [3.63, 3.8) is 0 Å². The molecule has 2 N–H and O–H groups in total. The first kappa shape index (κ1) is 11.2. The molecule has 0 saturated carbocycles. The molecule has 4 heteroatoms. The van der Waals surface area contributed by atoms with Crippen LogP contribution in [-0.2, 0) is 6.54 Å². The summed E-state index contributed by atoms with van der Waals surface area (Å²) < 4.78 is 4.92. The topological polar surface area (TPSA) is 58.3 Å². The van der Waals surface area contributed by atoms with Gasteiger partial charge in [-0.15, -0.1) is 0 Å². The number of rotatable bonds is 5. The molecule has 0 aliphatic heterocycles. The molecule has 0 saturated heterocycles. The molecular formula is C10H18N2O2. The molecule has 0 fully saturated rings. The molecule has 14 heavy (non-hydrogen) atoms. The van der Waals surface area contributed by atoms with Gasteiger partial charge >= 0.3 is 0 Å². The van der Waals surface area contributed by atoms with Crippen molar-refractivity contribution in [2.24, 2.45) is 0 Å². The molecule has 0 amide bonds. The van der Waals surface area contributed by atoms with Gasteiger partial charge in [0, 0.05) is 19.2 Å². The van der Waals surface area contributed by atoms with Crippen LogP contribution < -0.4 is 5.32 Å². The summed E-state index contributed by atoms with van der Waals surface area (Å²) in [6, 6.07) is 1.88. The molecule has 0 aromatic carbocycles. The van der Waals surface area contributed by atoms with Crippen LogP contribution in [0.4, 0.5) is 0 Å². The van der Waals surface area contributed by atoms with Crippen molar-refractivity contribution in [3.8, 4) is 0 Å². The number of hydrogen-bond acceptors (Lipinski definition) is 4. The van der Waals surface area contributed by atoms with Crippen molar-refractivity contribution < 1.29 is 9.63 Å². The smallest absolute Gasteiger partial charge is 0.133 e. The van der Waals surface area contributed by atoms with Gasteiger partial charge < -0.3 is 14.9 Å². The van der Waals surface area contributed by atoms with Crippen molar-refractivity contribution in [3.05, 3.63) is 17.5 Å². The van der Waals surface area contributed by atoms with Gasteiger partial charge in [-0.2, -0.15) is 0 Å². The highest BCUT2D eigenvalue weighted by Crippen LogP contribution is 2.07. The lowest BCUT2D eigenvalue weighted by Crippen LogP contribution is -2.36. The molecule has 4 nitrogen and oxygen atoms in total. The van der Waals surface area contributed by atoms with Gasteiger partial charge in [0.25, 0.3) is 0 Å². The minimum absolute atomic E-state index is 0.565. The number of nitrogens with zero attached hydrogens (tertiary/aromatic N) is 1. The summed E-state index contributed by atoms with van der Waals surface area (Å²) >= 11 is 0. The average Bonchev–Trinajstić information content (AvgIpc) is 2.51. The summed E-state index contributed by atoms with van der Waals surface area (Å²) in [4.78, 5) is 0. The fourth-order valence-corrected chi connectivity index (χ4v) is 1.09. The third-order valence-corrected chi connectivity index (χ3v) is 2.25. The molecule has 1 rings (SSSR count). The summed E-state index contributed by atoms with van der Waals surface area (Å²) in [6.07, 6.45) is 0.734. The van der Waals surface area contributed by atoms with Gasteiger partial charge in [-0.25, -0.2) is 0 Å². The zero-order valence-electron chi connectivity index (χ0n) is 9.00. The highest BCUT2D eigenvalue weighted by Gasteiger charge is 2.16. The van der Waals surface area contributed by atoms with Crippen molar-refractivity contribution >= 4 is 0 Å². The van der Waals surface area contributed by atoms with Gasteiger partial charge in [0.05, 0.1) is 11.3 Å². The van der Waals surface area contributed by atoms with E-state index in [9.17, 15) is 5.11 Å². The van der Waals surface area contributed by atoms with Crippen molar-refractivity contribution in [1.29, 1.82) is 0 Å². The van der Waals surface area contributed by atoms with Crippen LogP contribution in [0.1, 0.15) is 31.7 Å². The fraction of sp³-hybridized carbons (Fsp3) is 0.700. The van der Waals surface area contributed by atoms with Gasteiger partial charge in [-0.3, -0.25) is 0 Å². The minimum atomic E-state index is -0.640. The maximum Gasteiger partial charge on any atom is 0.133 e. The van der Waals surface area contributed by atoms with E-state index in [0.717, 1.165) is 17.9 Å². The Morgan fingerprint density at radius 3 is 2.86 bits per heavy atom. The number of aryl methyl sites for hydroxylation is 1. The van der Waals surface area contributed by atoms with Gasteiger partial charge in [-0.1, -0.05) is 12.1 Å². The largest absolute Gasteiger partial charge is 0.389 e. The number of aliphatic hydroxyl groups is 1. The maximum absolute atomic E-state index is 9.70. The van der Waals surface area contributed by atoms with E-state index in [2.05, 4.69) is 10.5 Å². The first-order chi connectivity index (χ1) is 6.53. The molecule has 1 aromatic heterocycles. The lowest BCUT2D eigenvalue weighted by Gasteiger charge is -2.21. The van der Waals surface area contributed by atoms with Crippen LogP contribution >= 0.6 is 0 Å². The molecule has 0 bridgehead atoms. The summed E-state index contributed by atoms with van der Waals surface area (Å²) in [6.45, 7) is 6.83. The number of nitrogens with one attached hydrogen (secondary N) is 1. The third kappa shape index (κ3) is 3.47. The van der Waals surface area contributed by atoms with E-state index in [4.69, 9.17) is 4.52 Å². The van der Waals surface area contributed by atoms with Crippen molar-refractivity contribution in [2.75, 3.05) is 6.54 Å². The second kappa shape index (κ2) is 4.57. The van der Waals surface area contributed by atoms with E-state index in [1.54, 1.807) is 0 Å². The predicted molar refractivity (Wildman–Crippen MR) is 53.9 cm³/mol. The summed E-state index contributed by atoms with van der Waals surface area (Å²) in [7, 11) is 0. The van der Waals surface area contributed by atoms with Gasteiger partial charge in [0.1, 0.15) is 5.76 Å². The second-order valence-corrected chi connectivity index (χ2v) is 3.88. The zero-order chi connectivity index (χ0) is 10.6. The minimum Gasteiger partial charge on any atom is -0.389 e. The van der Waals surface area contributed by atoms with E-state index in [0.29, 0.717) is 13.1 Å². The highest BCUT2D eigenvalue weighted by atomic mass is 16.5. The molecule has 0 spiro atoms. The molecule has 0 radical (unpaired) electrons. The third-order valence-electron chi connectivity index (χ3n) is 2.25. The molecule has 1 atom stereocenters. The van der Waals surface area contributed by atoms with E-state index in [-0.39, 0.29) is 0 Å². The first-order valence-electron chi connectivity index (χ1n) is 4.89. The molecule has 0 aliphatic rings. The Kier molecular flexibility index (Phi) is 3.66. The Hall–Kier alpha value is -0.870. The van der Waals surface area contributed by atoms with Crippen LogP contribution in [-0.4, -0.2) is 22.4 Å². The van der Waals surface area contributed by atoms with E-state index in [1.165, 1.54) is 0 Å². The van der Waals surface area contributed by atoms with E-state index >= 15 is 0 Å². The van der Waals surface area contributed by atoms with Crippen LogP contribution in [0, 0.1) is 6.92 Å². The van der Waals surface area contributed by atoms with Crippen molar-refractivity contribution in [2.45, 2.75) is 39.3 Å². The van der Waals surface area contributed by atoms with Gasteiger partial charge in [-0.05, 0) is 20.3 Å². The Morgan fingerprint density at radius 2 is 2.36 bits per heavy atom. The summed E-state index contributed by atoms with van der Waals surface area (Å²) in [5.74, 6) is 0.809. The quantitative estimate of drug-likeness (QED) is 0.747. The molecule has 1 unspecified atom stereocenters. The van der Waals surface area contributed by atoms with Crippen molar-refractivity contribution in [1.82, 2.24) is 10.5 Å². The van der Waals surface area contributed by atoms with Gasteiger partial charge in [0.15, 0.2) is 0 Å². The van der Waals surface area contributed by atoms with Crippen LogP contribution in [0.3, 0.4) is 0 Å². The normalized spacial score (nSPS) is 15.4. The molecule has 0 aliphatic carbocycles. The van der Waals surface area contributed by atoms with Crippen LogP contribution in [0.2, 0.25) is 0 Å². The van der Waals surface area contributed by atoms with E-state index in [1.807, 2.05) is 26.8 Å². The highest BCUT2D eigenvalue weighted by molar-refractivity contribution is 5.02. The number of hydrogen-bond donors (Lipinski definition) is 2. The maximum atomic E-state index is 9.70. The Balaban J connectivity index is 2.28. The SMILES string of the molecule is CCC(C)(O)CNCc1cc(C)on1. The second-order valence-electron chi connectivity index (χ2n) is 3.88. The van der Waals surface area contributed by atoms with Gasteiger partial charge in [0.2, 0.25) is 0 Å². The Morgan fingerprint density at radius 1 is 1.64 bits per heavy atom. The van der Waals surface area contributed by atoms with Crippen LogP contribution in [0.15, 0.2) is 10.6 Å². The molecule has 1 aromatic rings. The van der Waals surface area contributed by atoms with Crippen LogP contribution in [0.5, 0.6) is 0 Å². The summed E-state index contributed by atoms with van der Waals surface area (Å²) in [5.41, 5.74) is 0.230. The Labute approximate surface area is 84.3 Å². The van der Waals surface area contributed by atoms with Crippen LogP contribution in [0.25, 0.3) is 0 Å². The first-order valence-corrected chi connectivity index (χ1v) is 4.89. The average molecular weight is 198 g/mol. The summed E-state index contributed by atoms with van der Waals surface area (Å²) in [5, 5.41) is 16.7. The predicted octanol–water partition coefficient (Wildman–Crippen LogP) is 1.23. The molecule has 80 valence electrons. The molecule has 1 heterocycles. The zero-order valence-corrected chi connectivity index (χ0v) is 9.00. The lowest BCUT2D eigenvalue weighted by atomic mass is 10.0. The lowest BCUT2D eigenvalue weighted by molar-refractivity contribution is 0.0554. The number of aromatic nitrogens is 1. The standard InChI is InChI=1S/C10H18N2O2/c1-4-10(3,13)7-11-6-9-5-8(2)14-12-9/h5,11,13H,4,6-7H2,1-3H3. The Bertz CT molecular complexity index is 281.